The highest BCUT2D eigenvalue weighted by Gasteiger charge is 2.35. The molecule has 2 amide bonds. The van der Waals surface area contributed by atoms with E-state index in [9.17, 15) is 9.59 Å². The Hall–Kier alpha value is -2.93. The number of carbonyl (C=O) groups excluding carboxylic acids is 2. The summed E-state index contributed by atoms with van der Waals surface area (Å²) in [7, 11) is 0. The van der Waals surface area contributed by atoms with Gasteiger partial charge in [-0.05, 0) is 65.4 Å². The van der Waals surface area contributed by atoms with Crippen LogP contribution in [0, 0.1) is 0 Å². The molecular weight excluding hydrogens is 481 g/mol. The molecule has 0 spiro atoms. The van der Waals surface area contributed by atoms with Crippen molar-refractivity contribution >= 4 is 52.2 Å². The van der Waals surface area contributed by atoms with E-state index in [-0.39, 0.29) is 17.7 Å². The van der Waals surface area contributed by atoms with Gasteiger partial charge in [-0.25, -0.2) is 0 Å². The summed E-state index contributed by atoms with van der Waals surface area (Å²) in [4.78, 5) is 26.8. The van der Waals surface area contributed by atoms with Gasteiger partial charge in [0.25, 0.3) is 11.1 Å². The molecule has 3 aromatic carbocycles. The smallest absolute Gasteiger partial charge is 0.293 e. The monoisotopic (exact) mass is 499 g/mol. The van der Waals surface area contributed by atoms with Gasteiger partial charge in [0.05, 0.1) is 11.4 Å². The number of amides is 2. The maximum absolute atomic E-state index is 12.8. The van der Waals surface area contributed by atoms with Crippen LogP contribution in [0.15, 0.2) is 77.7 Å². The zero-order valence-electron chi connectivity index (χ0n) is 17.4. The lowest BCUT2D eigenvalue weighted by atomic mass is 10.2. The van der Waals surface area contributed by atoms with Crippen molar-refractivity contribution in [2.24, 2.45) is 0 Å². The van der Waals surface area contributed by atoms with Crippen molar-refractivity contribution in [1.82, 2.24) is 4.90 Å². The van der Waals surface area contributed by atoms with E-state index in [0.29, 0.717) is 39.5 Å². The SMILES string of the molecule is O=C1S/C(=C/c2cccc(OCCOc3ccccc3)c2)C(=O)N1Cc1ccc(Cl)cc1Cl. The summed E-state index contributed by atoms with van der Waals surface area (Å²) in [6, 6.07) is 21.8. The van der Waals surface area contributed by atoms with Crippen molar-refractivity contribution in [3.63, 3.8) is 0 Å². The first-order valence-corrected chi connectivity index (χ1v) is 11.7. The highest BCUT2D eigenvalue weighted by molar-refractivity contribution is 8.18. The van der Waals surface area contributed by atoms with Crippen molar-refractivity contribution < 1.29 is 19.1 Å². The lowest BCUT2D eigenvalue weighted by Crippen LogP contribution is -2.27. The van der Waals surface area contributed by atoms with Crippen LogP contribution in [-0.4, -0.2) is 29.3 Å². The maximum atomic E-state index is 12.8. The van der Waals surface area contributed by atoms with E-state index in [2.05, 4.69) is 0 Å². The Bertz CT molecular complexity index is 1200. The summed E-state index contributed by atoms with van der Waals surface area (Å²) < 4.78 is 11.4. The molecule has 1 aliphatic heterocycles. The van der Waals surface area contributed by atoms with Crippen molar-refractivity contribution in [3.05, 3.63) is 98.9 Å². The molecule has 3 aromatic rings. The molecule has 8 heteroatoms. The molecule has 0 aromatic heterocycles. The number of thioether (sulfide) groups is 1. The normalized spacial score (nSPS) is 14.7. The number of rotatable bonds is 8. The molecule has 0 aliphatic carbocycles. The van der Waals surface area contributed by atoms with Crippen LogP contribution in [0.25, 0.3) is 6.08 Å². The van der Waals surface area contributed by atoms with Crippen LogP contribution in [0.3, 0.4) is 0 Å². The second kappa shape index (κ2) is 10.8. The molecular formula is C25H19Cl2NO4S. The third-order valence-electron chi connectivity index (χ3n) is 4.74. The maximum Gasteiger partial charge on any atom is 0.293 e. The van der Waals surface area contributed by atoms with Crippen LogP contribution < -0.4 is 9.47 Å². The van der Waals surface area contributed by atoms with E-state index in [1.807, 2.05) is 54.6 Å². The van der Waals surface area contributed by atoms with Gasteiger partial charge in [-0.3, -0.25) is 14.5 Å². The first-order valence-electron chi connectivity index (χ1n) is 10.1. The van der Waals surface area contributed by atoms with Crippen LogP contribution in [-0.2, 0) is 11.3 Å². The molecule has 168 valence electrons. The standard InChI is InChI=1S/C25H19Cl2NO4S/c26-19-10-9-18(22(27)15-19)16-28-24(29)23(33-25(28)30)14-17-5-4-8-21(13-17)32-12-11-31-20-6-2-1-3-7-20/h1-10,13-15H,11-12,16H2/b23-14+. The molecule has 1 fully saturated rings. The Morgan fingerprint density at radius 1 is 0.848 bits per heavy atom. The van der Waals surface area contributed by atoms with E-state index in [1.165, 1.54) is 4.90 Å². The van der Waals surface area contributed by atoms with Crippen LogP contribution >= 0.6 is 35.0 Å². The minimum Gasteiger partial charge on any atom is -0.490 e. The number of nitrogens with zero attached hydrogens (tertiary/aromatic N) is 1. The fourth-order valence-electron chi connectivity index (χ4n) is 3.14. The molecule has 0 atom stereocenters. The average Bonchev–Trinajstić information content (AvgIpc) is 3.06. The Morgan fingerprint density at radius 3 is 2.33 bits per heavy atom. The van der Waals surface area contributed by atoms with Gasteiger partial charge in [0.15, 0.2) is 0 Å². The number of para-hydroxylation sites is 1. The molecule has 1 heterocycles. The lowest BCUT2D eigenvalue weighted by Gasteiger charge is -2.13. The fraction of sp³-hybridized carbons (Fsp3) is 0.120. The van der Waals surface area contributed by atoms with Crippen molar-refractivity contribution in [2.45, 2.75) is 6.54 Å². The number of carbonyl (C=O) groups is 2. The largest absolute Gasteiger partial charge is 0.490 e. The molecule has 5 nitrogen and oxygen atoms in total. The third-order valence-corrected chi connectivity index (χ3v) is 6.23. The third kappa shape index (κ3) is 6.11. The molecule has 33 heavy (non-hydrogen) atoms. The average molecular weight is 500 g/mol. The van der Waals surface area contributed by atoms with Crippen molar-refractivity contribution in [3.8, 4) is 11.5 Å². The number of halogens is 2. The molecule has 0 bridgehead atoms. The highest BCUT2D eigenvalue weighted by atomic mass is 35.5. The van der Waals surface area contributed by atoms with Crippen LogP contribution in [0.1, 0.15) is 11.1 Å². The molecule has 0 saturated carbocycles. The zero-order valence-corrected chi connectivity index (χ0v) is 19.7. The van der Waals surface area contributed by atoms with Gasteiger partial charge >= 0.3 is 0 Å². The predicted octanol–water partition coefficient (Wildman–Crippen LogP) is 6.69. The zero-order chi connectivity index (χ0) is 23.2. The van der Waals surface area contributed by atoms with Crippen LogP contribution in [0.2, 0.25) is 10.0 Å². The minimum atomic E-state index is -0.362. The molecule has 0 radical (unpaired) electrons. The second-order valence-corrected chi connectivity index (χ2v) is 8.92. The van der Waals surface area contributed by atoms with Gasteiger partial charge in [0.2, 0.25) is 0 Å². The van der Waals surface area contributed by atoms with Crippen LogP contribution in [0.4, 0.5) is 4.79 Å². The fourth-order valence-corrected chi connectivity index (χ4v) is 4.44. The Labute approximate surface area is 205 Å². The van der Waals surface area contributed by atoms with E-state index in [4.69, 9.17) is 32.7 Å². The summed E-state index contributed by atoms with van der Waals surface area (Å²) in [5.41, 5.74) is 1.41. The predicted molar refractivity (Wildman–Crippen MR) is 132 cm³/mol. The summed E-state index contributed by atoms with van der Waals surface area (Å²) in [5.74, 6) is 1.07. The molecule has 0 N–H and O–H groups in total. The first-order chi connectivity index (χ1) is 16.0. The molecule has 0 unspecified atom stereocenters. The quantitative estimate of drug-likeness (QED) is 0.255. The second-order valence-electron chi connectivity index (χ2n) is 7.09. The molecule has 4 rings (SSSR count). The molecule has 1 saturated heterocycles. The van der Waals surface area contributed by atoms with E-state index >= 15 is 0 Å². The number of imide groups is 1. The van der Waals surface area contributed by atoms with Gasteiger partial charge in [0.1, 0.15) is 24.7 Å². The summed E-state index contributed by atoms with van der Waals surface area (Å²) in [5, 5.41) is 0.556. The highest BCUT2D eigenvalue weighted by Crippen LogP contribution is 2.34. The topological polar surface area (TPSA) is 55.8 Å². The van der Waals surface area contributed by atoms with Gasteiger partial charge < -0.3 is 9.47 Å². The van der Waals surface area contributed by atoms with E-state index in [1.54, 1.807) is 24.3 Å². The Morgan fingerprint density at radius 2 is 1.58 bits per heavy atom. The van der Waals surface area contributed by atoms with Crippen LogP contribution in [0.5, 0.6) is 11.5 Å². The number of benzene rings is 3. The van der Waals surface area contributed by atoms with Gasteiger partial charge in [-0.2, -0.15) is 0 Å². The summed E-state index contributed by atoms with van der Waals surface area (Å²) in [6.07, 6.45) is 1.68. The first kappa shape index (κ1) is 23.2. The van der Waals surface area contributed by atoms with E-state index in [0.717, 1.165) is 23.1 Å². The van der Waals surface area contributed by atoms with Crippen molar-refractivity contribution in [1.29, 1.82) is 0 Å². The lowest BCUT2D eigenvalue weighted by molar-refractivity contribution is -0.123. The van der Waals surface area contributed by atoms with E-state index < -0.39 is 0 Å². The molecule has 1 aliphatic rings. The minimum absolute atomic E-state index is 0.0859. The number of ether oxygens (including phenoxy) is 2. The number of hydrogen-bond donors (Lipinski definition) is 0. The Balaban J connectivity index is 1.38. The Kier molecular flexibility index (Phi) is 7.60. The van der Waals surface area contributed by atoms with Gasteiger partial charge in [-0.15, -0.1) is 0 Å². The number of hydrogen-bond acceptors (Lipinski definition) is 5. The summed E-state index contributed by atoms with van der Waals surface area (Å²) >= 11 is 13.0. The van der Waals surface area contributed by atoms with Crippen molar-refractivity contribution in [2.75, 3.05) is 13.2 Å². The summed E-state index contributed by atoms with van der Waals surface area (Å²) in [6.45, 7) is 0.861. The van der Waals surface area contributed by atoms with Gasteiger partial charge in [-0.1, -0.05) is 59.6 Å². The van der Waals surface area contributed by atoms with Gasteiger partial charge in [0, 0.05) is 10.0 Å².